The van der Waals surface area contributed by atoms with Gasteiger partial charge in [0.25, 0.3) is 0 Å². The standard InChI is InChI=1S/C17H24F3N3O3S/c1-12(2)9-13-14(23(3)27(24,25)11-17(18,19)20)5-4-6-15(13)26-10-16-21-7-8-22-16/h4-6,12H,7-11H2,1-3H3,(H,21,22). The van der Waals surface area contributed by atoms with Crippen LogP contribution in [-0.4, -0.2) is 52.9 Å². The lowest BCUT2D eigenvalue weighted by Crippen LogP contribution is -2.36. The topological polar surface area (TPSA) is 71.0 Å². The molecule has 152 valence electrons. The van der Waals surface area contributed by atoms with Crippen LogP contribution in [0.3, 0.4) is 0 Å². The van der Waals surface area contributed by atoms with Crippen LogP contribution in [0.15, 0.2) is 23.2 Å². The van der Waals surface area contributed by atoms with Gasteiger partial charge in [-0.1, -0.05) is 19.9 Å². The molecule has 0 saturated heterocycles. The van der Waals surface area contributed by atoms with Crippen molar-refractivity contribution in [1.29, 1.82) is 0 Å². The zero-order valence-corrected chi connectivity index (χ0v) is 16.3. The van der Waals surface area contributed by atoms with Gasteiger partial charge in [-0.05, 0) is 24.5 Å². The quantitative estimate of drug-likeness (QED) is 0.719. The average molecular weight is 407 g/mol. The molecule has 6 nitrogen and oxygen atoms in total. The molecule has 1 heterocycles. The number of rotatable bonds is 8. The molecule has 0 saturated carbocycles. The number of benzene rings is 1. The normalized spacial score (nSPS) is 14.9. The van der Waals surface area contributed by atoms with Crippen LogP contribution >= 0.6 is 0 Å². The highest BCUT2D eigenvalue weighted by atomic mass is 32.2. The van der Waals surface area contributed by atoms with Crippen molar-refractivity contribution in [2.24, 2.45) is 10.9 Å². The monoisotopic (exact) mass is 407 g/mol. The Bertz CT molecular complexity index is 792. The number of amidine groups is 1. The lowest BCUT2D eigenvalue weighted by Gasteiger charge is -2.25. The van der Waals surface area contributed by atoms with E-state index in [9.17, 15) is 21.6 Å². The van der Waals surface area contributed by atoms with Crippen molar-refractivity contribution >= 4 is 21.5 Å². The third kappa shape index (κ3) is 6.02. The molecule has 0 amide bonds. The number of sulfonamides is 1. The highest BCUT2D eigenvalue weighted by molar-refractivity contribution is 7.92. The Kier molecular flexibility index (Phi) is 6.61. The van der Waals surface area contributed by atoms with Crippen molar-refractivity contribution < 1.29 is 26.3 Å². The van der Waals surface area contributed by atoms with Crippen molar-refractivity contribution in [3.63, 3.8) is 0 Å². The van der Waals surface area contributed by atoms with Crippen LogP contribution in [0, 0.1) is 5.92 Å². The van der Waals surface area contributed by atoms with E-state index < -0.39 is 22.0 Å². The summed E-state index contributed by atoms with van der Waals surface area (Å²) in [5.74, 6) is -0.640. The molecular weight excluding hydrogens is 383 g/mol. The Balaban J connectivity index is 2.35. The Labute approximate surface area is 157 Å². The lowest BCUT2D eigenvalue weighted by atomic mass is 10.00. The molecule has 1 aliphatic rings. The second-order valence-corrected chi connectivity index (χ2v) is 8.73. The molecular formula is C17H24F3N3O3S. The summed E-state index contributed by atoms with van der Waals surface area (Å²) in [5.41, 5.74) is 0.742. The molecule has 10 heteroatoms. The fourth-order valence-corrected chi connectivity index (χ4v) is 3.82. The fourth-order valence-electron chi connectivity index (χ4n) is 2.74. The first-order valence-corrected chi connectivity index (χ1v) is 10.2. The lowest BCUT2D eigenvalue weighted by molar-refractivity contribution is -0.106. The second kappa shape index (κ2) is 8.37. The maximum absolute atomic E-state index is 12.7. The highest BCUT2D eigenvalue weighted by Crippen LogP contribution is 2.33. The number of alkyl halides is 3. The molecule has 2 rings (SSSR count). The molecule has 0 unspecified atom stereocenters. The molecule has 1 aromatic carbocycles. The largest absolute Gasteiger partial charge is 0.485 e. The van der Waals surface area contributed by atoms with Gasteiger partial charge in [0.2, 0.25) is 10.0 Å². The molecule has 0 atom stereocenters. The van der Waals surface area contributed by atoms with Gasteiger partial charge in [0.15, 0.2) is 5.75 Å². The number of hydrogen-bond donors (Lipinski definition) is 1. The van der Waals surface area contributed by atoms with Crippen LogP contribution in [0.5, 0.6) is 5.75 Å². The van der Waals surface area contributed by atoms with E-state index in [-0.39, 0.29) is 18.2 Å². The van der Waals surface area contributed by atoms with Gasteiger partial charge in [-0.3, -0.25) is 9.30 Å². The zero-order chi connectivity index (χ0) is 20.2. The zero-order valence-electron chi connectivity index (χ0n) is 15.5. The van der Waals surface area contributed by atoms with Gasteiger partial charge in [0, 0.05) is 19.2 Å². The summed E-state index contributed by atoms with van der Waals surface area (Å²) in [6.07, 6.45) is -4.36. The average Bonchev–Trinajstić information content (AvgIpc) is 3.03. The van der Waals surface area contributed by atoms with Crippen LogP contribution < -0.4 is 14.4 Å². The Morgan fingerprint density at radius 1 is 1.33 bits per heavy atom. The fraction of sp³-hybridized carbons (Fsp3) is 0.588. The SMILES string of the molecule is CC(C)Cc1c(OCC2=NCCN2)cccc1N(C)S(=O)(=O)CC(F)(F)F. The summed E-state index contributed by atoms with van der Waals surface area (Å²) in [6, 6.07) is 4.74. The second-order valence-electron chi connectivity index (χ2n) is 6.73. The van der Waals surface area contributed by atoms with Gasteiger partial charge in [-0.2, -0.15) is 13.2 Å². The predicted octanol–water partition coefficient (Wildman–Crippen LogP) is 2.59. The maximum atomic E-state index is 12.7. The Morgan fingerprint density at radius 2 is 2.04 bits per heavy atom. The van der Waals surface area contributed by atoms with Crippen LogP contribution in [0.25, 0.3) is 0 Å². The Morgan fingerprint density at radius 3 is 2.59 bits per heavy atom. The van der Waals surface area contributed by atoms with Gasteiger partial charge >= 0.3 is 6.18 Å². The predicted molar refractivity (Wildman–Crippen MR) is 99.0 cm³/mol. The van der Waals surface area contributed by atoms with E-state index in [2.05, 4.69) is 10.3 Å². The summed E-state index contributed by atoms with van der Waals surface area (Å²) in [4.78, 5) is 4.23. The number of anilines is 1. The molecule has 1 aromatic rings. The number of nitrogens with one attached hydrogen (secondary N) is 1. The number of nitrogens with zero attached hydrogens (tertiary/aromatic N) is 2. The maximum Gasteiger partial charge on any atom is 0.404 e. The minimum absolute atomic E-state index is 0.147. The first-order valence-electron chi connectivity index (χ1n) is 8.55. The summed E-state index contributed by atoms with van der Waals surface area (Å²) < 4.78 is 68.9. The molecule has 0 spiro atoms. The van der Waals surface area contributed by atoms with Gasteiger partial charge < -0.3 is 10.1 Å². The minimum atomic E-state index is -4.81. The van der Waals surface area contributed by atoms with Crippen LogP contribution in [-0.2, 0) is 16.4 Å². The van der Waals surface area contributed by atoms with Gasteiger partial charge in [-0.25, -0.2) is 8.42 Å². The van der Waals surface area contributed by atoms with Gasteiger partial charge in [0.1, 0.15) is 18.2 Å². The number of aliphatic imine (C=N–C) groups is 1. The van der Waals surface area contributed by atoms with Gasteiger partial charge in [0.05, 0.1) is 12.2 Å². The van der Waals surface area contributed by atoms with E-state index >= 15 is 0 Å². The molecule has 0 fully saturated rings. The summed E-state index contributed by atoms with van der Waals surface area (Å²) in [5, 5.41) is 3.07. The number of halogens is 3. The summed E-state index contributed by atoms with van der Waals surface area (Å²) in [7, 11) is -3.43. The molecule has 1 N–H and O–H groups in total. The highest BCUT2D eigenvalue weighted by Gasteiger charge is 2.38. The van der Waals surface area contributed by atoms with Crippen LogP contribution in [0.1, 0.15) is 19.4 Å². The smallest absolute Gasteiger partial charge is 0.404 e. The van der Waals surface area contributed by atoms with Crippen LogP contribution in [0.4, 0.5) is 18.9 Å². The Hall–Kier alpha value is -1.97. The molecule has 0 aromatic heterocycles. The van der Waals surface area contributed by atoms with Crippen molar-refractivity contribution in [2.45, 2.75) is 26.4 Å². The van der Waals surface area contributed by atoms with Crippen molar-refractivity contribution in [3.05, 3.63) is 23.8 Å². The minimum Gasteiger partial charge on any atom is -0.485 e. The van der Waals surface area contributed by atoms with Crippen molar-refractivity contribution in [1.82, 2.24) is 5.32 Å². The molecule has 0 aliphatic carbocycles. The summed E-state index contributed by atoms with van der Waals surface area (Å²) in [6.45, 7) is 5.46. The van der Waals surface area contributed by atoms with E-state index in [1.807, 2.05) is 13.8 Å². The molecule has 0 radical (unpaired) electrons. The first kappa shape index (κ1) is 21.3. The van der Waals surface area contributed by atoms with E-state index in [1.54, 1.807) is 12.1 Å². The third-order valence-corrected chi connectivity index (χ3v) is 5.65. The molecule has 27 heavy (non-hydrogen) atoms. The number of hydrogen-bond acceptors (Lipinski definition) is 5. The van der Waals surface area contributed by atoms with E-state index in [4.69, 9.17) is 4.74 Å². The van der Waals surface area contributed by atoms with Crippen LogP contribution in [0.2, 0.25) is 0 Å². The van der Waals surface area contributed by atoms with Gasteiger partial charge in [-0.15, -0.1) is 0 Å². The number of ether oxygens (including phenoxy) is 1. The van der Waals surface area contributed by atoms with Crippen molar-refractivity contribution in [3.8, 4) is 5.75 Å². The molecule has 0 bridgehead atoms. The van der Waals surface area contributed by atoms with E-state index in [0.717, 1.165) is 13.6 Å². The molecule has 1 aliphatic heterocycles. The van der Waals surface area contributed by atoms with Crippen molar-refractivity contribution in [2.75, 3.05) is 36.8 Å². The van der Waals surface area contributed by atoms with E-state index in [0.29, 0.717) is 34.4 Å². The third-order valence-electron chi connectivity index (χ3n) is 3.93. The first-order chi connectivity index (χ1) is 12.5. The van der Waals surface area contributed by atoms with E-state index in [1.165, 1.54) is 6.07 Å². The summed E-state index contributed by atoms with van der Waals surface area (Å²) >= 11 is 0.